The van der Waals surface area contributed by atoms with Crippen LogP contribution < -0.4 is 5.73 Å². The molecule has 2 aromatic rings. The minimum absolute atomic E-state index is 0.142. The predicted molar refractivity (Wildman–Crippen MR) is 87.1 cm³/mol. The summed E-state index contributed by atoms with van der Waals surface area (Å²) in [6.07, 6.45) is -2.49. The van der Waals surface area contributed by atoms with Crippen LogP contribution in [0.15, 0.2) is 12.7 Å². The van der Waals surface area contributed by atoms with Crippen molar-refractivity contribution in [3.8, 4) is 0 Å². The van der Waals surface area contributed by atoms with Gasteiger partial charge in [-0.2, -0.15) is 0 Å². The smallest absolute Gasteiger partial charge is 0.387 e. The number of rotatable bonds is 4. The minimum atomic E-state index is -4.72. The molecule has 15 nitrogen and oxygen atoms in total. The maximum absolute atomic E-state index is 10.7. The zero-order valence-corrected chi connectivity index (χ0v) is 15.2. The summed E-state index contributed by atoms with van der Waals surface area (Å²) in [7, 11) is -7.85. The first-order valence-electron chi connectivity index (χ1n) is 7.08. The van der Waals surface area contributed by atoms with E-state index < -0.39 is 47.2 Å². The molecule has 1 aliphatic rings. The van der Waals surface area contributed by atoms with Gasteiger partial charge in [-0.15, -0.1) is 0 Å². The molecular weight excluding hydrogens is 412 g/mol. The molecule has 3 heterocycles. The van der Waals surface area contributed by atoms with Crippen LogP contribution in [0.3, 0.4) is 0 Å². The van der Waals surface area contributed by atoms with E-state index in [-0.39, 0.29) is 11.5 Å². The van der Waals surface area contributed by atoms with Gasteiger partial charge in [0.25, 0.3) is 0 Å². The average Bonchev–Trinajstić information content (AvgIpc) is 3.08. The van der Waals surface area contributed by atoms with E-state index in [1.807, 2.05) is 0 Å². The molecule has 2 aromatic heterocycles. The lowest BCUT2D eigenvalue weighted by atomic mass is 10.1. The SMILES string of the molecule is Nc1ncnc2c1ncn2[C@@H]1O[C@H](COP(=O)(O)O)[C@@H](O)[C@H]1O.O=[PH](O)O. The third-order valence-corrected chi connectivity index (χ3v) is 3.89. The van der Waals surface area contributed by atoms with Crippen LogP contribution in [-0.2, 0) is 18.4 Å². The molecule has 1 saturated heterocycles. The Morgan fingerprint density at radius 3 is 2.48 bits per heavy atom. The number of phosphoric acid groups is 1. The van der Waals surface area contributed by atoms with Gasteiger partial charge < -0.3 is 40.3 Å². The summed E-state index contributed by atoms with van der Waals surface area (Å²) < 4.78 is 30.5. The molecule has 0 bridgehead atoms. The number of phosphoric ester groups is 1. The number of nitrogens with two attached hydrogens (primary N) is 1. The lowest BCUT2D eigenvalue weighted by Crippen LogP contribution is -2.33. The second kappa shape index (κ2) is 8.67. The summed E-state index contributed by atoms with van der Waals surface area (Å²) in [6, 6.07) is 0. The minimum Gasteiger partial charge on any atom is -0.387 e. The predicted octanol–water partition coefficient (Wildman–Crippen LogP) is -2.50. The van der Waals surface area contributed by atoms with E-state index in [0.717, 1.165) is 0 Å². The van der Waals surface area contributed by atoms with Gasteiger partial charge in [-0.05, 0) is 0 Å². The van der Waals surface area contributed by atoms with Crippen LogP contribution in [0.1, 0.15) is 6.23 Å². The van der Waals surface area contributed by atoms with Crippen molar-refractivity contribution in [3.63, 3.8) is 0 Å². The number of aliphatic hydroxyl groups excluding tert-OH is 2. The van der Waals surface area contributed by atoms with E-state index >= 15 is 0 Å². The number of fused-ring (bicyclic) bond motifs is 1. The van der Waals surface area contributed by atoms with Crippen LogP contribution in [0, 0.1) is 0 Å². The summed E-state index contributed by atoms with van der Waals surface area (Å²) in [5, 5.41) is 20.1. The number of hydrogen-bond donors (Lipinski definition) is 7. The number of nitrogen functional groups attached to an aromatic ring is 1. The summed E-state index contributed by atoms with van der Waals surface area (Å²) >= 11 is 0. The van der Waals surface area contributed by atoms with Crippen LogP contribution in [0.4, 0.5) is 5.82 Å². The van der Waals surface area contributed by atoms with Crippen molar-refractivity contribution < 1.29 is 48.2 Å². The fraction of sp³-hybridized carbons (Fsp3) is 0.500. The summed E-state index contributed by atoms with van der Waals surface area (Å²) in [6.45, 7) is -0.594. The van der Waals surface area contributed by atoms with E-state index in [9.17, 15) is 14.8 Å². The molecule has 0 radical (unpaired) electrons. The number of ether oxygens (including phenoxy) is 1. The molecule has 152 valence electrons. The van der Waals surface area contributed by atoms with Crippen molar-refractivity contribution >= 4 is 33.1 Å². The Morgan fingerprint density at radius 1 is 1.26 bits per heavy atom. The molecule has 0 amide bonds. The van der Waals surface area contributed by atoms with Crippen molar-refractivity contribution in [2.45, 2.75) is 24.5 Å². The Balaban J connectivity index is 0.000000596. The van der Waals surface area contributed by atoms with Crippen molar-refractivity contribution in [2.75, 3.05) is 12.3 Å². The molecule has 0 saturated carbocycles. The highest BCUT2D eigenvalue weighted by molar-refractivity contribution is 7.46. The van der Waals surface area contributed by atoms with Gasteiger partial charge in [-0.3, -0.25) is 13.7 Å². The molecule has 1 aliphatic heterocycles. The number of anilines is 1. The van der Waals surface area contributed by atoms with Crippen molar-refractivity contribution in [2.24, 2.45) is 0 Å². The van der Waals surface area contributed by atoms with E-state index in [4.69, 9.17) is 34.6 Å². The van der Waals surface area contributed by atoms with Crippen molar-refractivity contribution in [3.05, 3.63) is 12.7 Å². The van der Waals surface area contributed by atoms with Crippen LogP contribution in [-0.4, -0.2) is 74.2 Å². The molecule has 3 rings (SSSR count). The van der Waals surface area contributed by atoms with Crippen LogP contribution in [0.2, 0.25) is 0 Å². The van der Waals surface area contributed by atoms with Gasteiger partial charge in [-0.25, -0.2) is 19.5 Å². The Morgan fingerprint density at radius 2 is 1.89 bits per heavy atom. The summed E-state index contributed by atoms with van der Waals surface area (Å²) in [5.41, 5.74) is 6.25. The number of hydrogen-bond acceptors (Lipinski definition) is 10. The molecule has 1 fully saturated rings. The fourth-order valence-electron chi connectivity index (χ4n) is 2.32. The van der Waals surface area contributed by atoms with Gasteiger partial charge in [-0.1, -0.05) is 0 Å². The first kappa shape index (κ1) is 21.8. The second-order valence-electron chi connectivity index (χ2n) is 5.20. The highest BCUT2D eigenvalue weighted by Gasteiger charge is 2.45. The van der Waals surface area contributed by atoms with Gasteiger partial charge in [0.1, 0.15) is 30.2 Å². The summed E-state index contributed by atoms with van der Waals surface area (Å²) in [4.78, 5) is 43.5. The van der Waals surface area contributed by atoms with Gasteiger partial charge in [0.05, 0.1) is 12.9 Å². The van der Waals surface area contributed by atoms with E-state index in [1.54, 1.807) is 0 Å². The monoisotopic (exact) mass is 429 g/mol. The molecule has 27 heavy (non-hydrogen) atoms. The highest BCUT2D eigenvalue weighted by Crippen LogP contribution is 2.38. The second-order valence-corrected chi connectivity index (χ2v) is 7.00. The maximum Gasteiger partial charge on any atom is 0.469 e. The topological polar surface area (TPSA) is 244 Å². The summed E-state index contributed by atoms with van der Waals surface area (Å²) in [5.74, 6) is 0.142. The van der Waals surface area contributed by atoms with E-state index in [1.165, 1.54) is 17.2 Å². The standard InChI is InChI=1S/C10H14N5O7P.H3O3P/c11-8-5-9(13-2-12-8)15(3-14-5)10-7(17)6(16)4(22-10)1-21-23(18,19)20;1-4(2)3/h2-4,6-7,10,16-17H,1H2,(H2,11,12,13)(H2,18,19,20);4H,(H2,1,2,3)/t4-,6-,7-,10-;/m1./s1. The number of aromatic nitrogens is 4. The maximum atomic E-state index is 10.7. The first-order chi connectivity index (χ1) is 12.5. The van der Waals surface area contributed by atoms with Gasteiger partial charge >= 0.3 is 16.1 Å². The third kappa shape index (κ3) is 5.49. The number of aliphatic hydroxyl groups is 2. The van der Waals surface area contributed by atoms with Crippen molar-refractivity contribution in [1.82, 2.24) is 19.5 Å². The van der Waals surface area contributed by atoms with Gasteiger partial charge in [0.15, 0.2) is 17.7 Å². The molecule has 8 N–H and O–H groups in total. The molecule has 0 aromatic carbocycles. The Hall–Kier alpha value is -1.51. The molecule has 0 spiro atoms. The van der Waals surface area contributed by atoms with Crippen molar-refractivity contribution in [1.29, 1.82) is 0 Å². The number of imidazole rings is 1. The quantitative estimate of drug-likeness (QED) is 0.248. The zero-order valence-electron chi connectivity index (χ0n) is 13.3. The van der Waals surface area contributed by atoms with Crippen LogP contribution in [0.25, 0.3) is 11.2 Å². The first-order valence-corrected chi connectivity index (χ1v) is 9.91. The Labute approximate surface area is 151 Å². The van der Waals surface area contributed by atoms with E-state index in [0.29, 0.717) is 5.52 Å². The molecular formula is C10H17N5O10P2. The van der Waals surface area contributed by atoms with Crippen LogP contribution in [0.5, 0.6) is 0 Å². The molecule has 17 heteroatoms. The Bertz CT molecular complexity index is 854. The van der Waals surface area contributed by atoms with Gasteiger partial charge in [0.2, 0.25) is 0 Å². The number of nitrogens with zero attached hydrogens (tertiary/aromatic N) is 4. The van der Waals surface area contributed by atoms with Gasteiger partial charge in [0, 0.05) is 0 Å². The van der Waals surface area contributed by atoms with Crippen LogP contribution >= 0.6 is 16.1 Å². The lowest BCUT2D eigenvalue weighted by Gasteiger charge is -2.16. The fourth-order valence-corrected chi connectivity index (χ4v) is 2.66. The molecule has 0 aliphatic carbocycles. The zero-order chi connectivity index (χ0) is 20.4. The average molecular weight is 429 g/mol. The normalized spacial score (nSPS) is 25.6. The Kier molecular flexibility index (Phi) is 6.99. The molecule has 4 atom stereocenters. The third-order valence-electron chi connectivity index (χ3n) is 3.41. The van der Waals surface area contributed by atoms with E-state index in [2.05, 4.69) is 19.5 Å². The highest BCUT2D eigenvalue weighted by atomic mass is 31.2. The largest absolute Gasteiger partial charge is 0.469 e. The lowest BCUT2D eigenvalue weighted by molar-refractivity contribution is -0.0504. The molecule has 0 unspecified atom stereocenters.